The Balaban J connectivity index is 1.81. The first-order valence-electron chi connectivity index (χ1n) is 9.10. The molecule has 0 aromatic heterocycles. The lowest BCUT2D eigenvalue weighted by Crippen LogP contribution is -2.58. The number of hydrogen-bond acceptors (Lipinski definition) is 6. The van der Waals surface area contributed by atoms with E-state index < -0.39 is 5.66 Å². The molecule has 1 aliphatic carbocycles. The van der Waals surface area contributed by atoms with Crippen molar-refractivity contribution in [3.8, 4) is 11.5 Å². The standard InChI is InChI=1S/C20H22FN5O/c21-14-9-10-17(27-15-7-3-1-4-8-15)16(13-14)26-19(23)24-18(22)25-20(26)11-5-2-6-12-20/h1,3-4,7-10,13H,2,5-6,11-12H2,(H4,22,23,24,25). The number of halogens is 1. The topological polar surface area (TPSA) is 89.2 Å². The van der Waals surface area contributed by atoms with Crippen LogP contribution in [0.5, 0.6) is 11.5 Å². The van der Waals surface area contributed by atoms with Crippen LogP contribution in [0.25, 0.3) is 0 Å². The van der Waals surface area contributed by atoms with Gasteiger partial charge >= 0.3 is 0 Å². The molecular weight excluding hydrogens is 345 g/mol. The Morgan fingerprint density at radius 1 is 1.00 bits per heavy atom. The van der Waals surface area contributed by atoms with Crippen LogP contribution in [0.1, 0.15) is 32.1 Å². The molecule has 0 radical (unpaired) electrons. The zero-order chi connectivity index (χ0) is 18.9. The second-order valence-electron chi connectivity index (χ2n) is 6.85. The van der Waals surface area contributed by atoms with Gasteiger partial charge < -0.3 is 16.2 Å². The quantitative estimate of drug-likeness (QED) is 0.865. The summed E-state index contributed by atoms with van der Waals surface area (Å²) in [5.41, 5.74) is 12.0. The molecule has 0 unspecified atom stereocenters. The molecule has 2 aromatic rings. The van der Waals surface area contributed by atoms with Crippen LogP contribution in [0.2, 0.25) is 0 Å². The van der Waals surface area contributed by atoms with E-state index in [2.05, 4.69) is 9.98 Å². The average Bonchev–Trinajstić information content (AvgIpc) is 2.65. The van der Waals surface area contributed by atoms with Crippen molar-refractivity contribution >= 4 is 17.6 Å². The van der Waals surface area contributed by atoms with Gasteiger partial charge in [0.05, 0.1) is 5.69 Å². The molecule has 1 fully saturated rings. The summed E-state index contributed by atoms with van der Waals surface area (Å²) in [6.07, 6.45) is 4.64. The molecule has 6 nitrogen and oxygen atoms in total. The lowest BCUT2D eigenvalue weighted by Gasteiger charge is -2.45. The maximum Gasteiger partial charge on any atom is 0.220 e. The van der Waals surface area contributed by atoms with Crippen molar-refractivity contribution in [3.05, 3.63) is 54.3 Å². The molecule has 1 saturated carbocycles. The van der Waals surface area contributed by atoms with Crippen LogP contribution in [0.4, 0.5) is 10.1 Å². The molecule has 140 valence electrons. The molecule has 1 spiro atoms. The third-order valence-corrected chi connectivity index (χ3v) is 4.98. The molecule has 1 heterocycles. The van der Waals surface area contributed by atoms with E-state index in [0.29, 0.717) is 17.2 Å². The predicted molar refractivity (Wildman–Crippen MR) is 104 cm³/mol. The highest BCUT2D eigenvalue weighted by Gasteiger charge is 2.43. The first kappa shape index (κ1) is 17.3. The zero-order valence-corrected chi connectivity index (χ0v) is 14.9. The van der Waals surface area contributed by atoms with Crippen molar-refractivity contribution in [2.45, 2.75) is 37.8 Å². The van der Waals surface area contributed by atoms with E-state index in [1.54, 1.807) is 11.0 Å². The maximum absolute atomic E-state index is 14.2. The average molecular weight is 367 g/mol. The molecule has 0 amide bonds. The fourth-order valence-electron chi connectivity index (χ4n) is 3.84. The van der Waals surface area contributed by atoms with Crippen LogP contribution in [0.15, 0.2) is 58.5 Å². The van der Waals surface area contributed by atoms with Crippen molar-refractivity contribution in [1.82, 2.24) is 0 Å². The summed E-state index contributed by atoms with van der Waals surface area (Å²) in [5.74, 6) is 1.12. The largest absolute Gasteiger partial charge is 0.455 e. The van der Waals surface area contributed by atoms with Crippen LogP contribution < -0.4 is 21.1 Å². The summed E-state index contributed by atoms with van der Waals surface area (Å²) in [4.78, 5) is 10.6. The van der Waals surface area contributed by atoms with Gasteiger partial charge in [0.15, 0.2) is 5.75 Å². The van der Waals surface area contributed by atoms with Crippen molar-refractivity contribution in [2.75, 3.05) is 4.90 Å². The molecular formula is C20H22FN5O. The number of nitrogens with zero attached hydrogens (tertiary/aromatic N) is 3. The van der Waals surface area contributed by atoms with Gasteiger partial charge in [-0.1, -0.05) is 24.6 Å². The first-order chi connectivity index (χ1) is 13.1. The van der Waals surface area contributed by atoms with Crippen LogP contribution in [-0.2, 0) is 0 Å². The monoisotopic (exact) mass is 367 g/mol. The molecule has 27 heavy (non-hydrogen) atoms. The Bertz CT molecular complexity index is 891. The van der Waals surface area contributed by atoms with Crippen molar-refractivity contribution < 1.29 is 9.13 Å². The lowest BCUT2D eigenvalue weighted by atomic mass is 9.87. The molecule has 4 N–H and O–H groups in total. The molecule has 0 atom stereocenters. The van der Waals surface area contributed by atoms with Gasteiger partial charge in [-0.05, 0) is 49.9 Å². The van der Waals surface area contributed by atoms with Gasteiger partial charge in [-0.25, -0.2) is 9.38 Å². The number of anilines is 1. The summed E-state index contributed by atoms with van der Waals surface area (Å²) in [5, 5.41) is 0. The number of para-hydroxylation sites is 1. The highest BCUT2D eigenvalue weighted by Crippen LogP contribution is 2.43. The molecule has 2 aromatic carbocycles. The Morgan fingerprint density at radius 2 is 1.74 bits per heavy atom. The van der Waals surface area contributed by atoms with Gasteiger partial charge in [0.25, 0.3) is 0 Å². The van der Waals surface area contributed by atoms with E-state index in [9.17, 15) is 4.39 Å². The third-order valence-electron chi connectivity index (χ3n) is 4.98. The number of rotatable bonds is 3. The van der Waals surface area contributed by atoms with Crippen molar-refractivity contribution in [3.63, 3.8) is 0 Å². The normalized spacial score (nSPS) is 18.8. The van der Waals surface area contributed by atoms with Gasteiger partial charge in [0.1, 0.15) is 17.2 Å². The Morgan fingerprint density at radius 3 is 2.48 bits per heavy atom. The highest BCUT2D eigenvalue weighted by atomic mass is 19.1. The van der Waals surface area contributed by atoms with E-state index in [4.69, 9.17) is 16.2 Å². The number of nitrogens with two attached hydrogens (primary N) is 2. The van der Waals surface area contributed by atoms with Crippen LogP contribution >= 0.6 is 0 Å². The smallest absolute Gasteiger partial charge is 0.220 e. The Hall–Kier alpha value is -3.09. The third kappa shape index (κ3) is 3.32. The van der Waals surface area contributed by atoms with E-state index in [-0.39, 0.29) is 17.7 Å². The fraction of sp³-hybridized carbons (Fsp3) is 0.300. The number of aliphatic imine (C=N–C) groups is 2. The van der Waals surface area contributed by atoms with Gasteiger partial charge in [-0.3, -0.25) is 4.90 Å². The molecule has 1 aliphatic heterocycles. The maximum atomic E-state index is 14.2. The summed E-state index contributed by atoms with van der Waals surface area (Å²) in [7, 11) is 0. The van der Waals surface area contributed by atoms with Crippen LogP contribution in [-0.4, -0.2) is 17.6 Å². The minimum Gasteiger partial charge on any atom is -0.455 e. The van der Waals surface area contributed by atoms with Crippen LogP contribution in [0, 0.1) is 5.82 Å². The summed E-state index contributed by atoms with van der Waals surface area (Å²) >= 11 is 0. The molecule has 2 aliphatic rings. The van der Waals surface area contributed by atoms with Gasteiger partial charge in [-0.15, -0.1) is 0 Å². The van der Waals surface area contributed by atoms with Gasteiger partial charge in [0.2, 0.25) is 11.9 Å². The Kier molecular flexibility index (Phi) is 4.43. The minimum absolute atomic E-state index is 0.160. The molecule has 0 bridgehead atoms. The minimum atomic E-state index is -0.656. The lowest BCUT2D eigenvalue weighted by molar-refractivity contribution is 0.303. The number of ether oxygens (including phenoxy) is 1. The van der Waals surface area contributed by atoms with E-state index in [1.807, 2.05) is 30.3 Å². The van der Waals surface area contributed by atoms with Crippen molar-refractivity contribution in [2.24, 2.45) is 21.5 Å². The SMILES string of the molecule is NC1=NC2(CCCCC2)N(c2cc(F)ccc2Oc2ccccc2)C(N)=N1. The van der Waals surface area contributed by atoms with E-state index >= 15 is 0 Å². The second kappa shape index (κ2) is 6.90. The van der Waals surface area contributed by atoms with E-state index in [0.717, 1.165) is 32.1 Å². The number of guanidine groups is 2. The van der Waals surface area contributed by atoms with Crippen molar-refractivity contribution in [1.29, 1.82) is 0 Å². The van der Waals surface area contributed by atoms with Gasteiger partial charge in [-0.2, -0.15) is 4.99 Å². The molecule has 4 rings (SSSR count). The van der Waals surface area contributed by atoms with E-state index in [1.165, 1.54) is 12.1 Å². The number of hydrogen-bond donors (Lipinski definition) is 2. The highest BCUT2D eigenvalue weighted by molar-refractivity contribution is 6.06. The second-order valence-corrected chi connectivity index (χ2v) is 6.85. The summed E-state index contributed by atoms with van der Waals surface area (Å²) in [6.45, 7) is 0. The fourth-order valence-corrected chi connectivity index (χ4v) is 3.84. The summed E-state index contributed by atoms with van der Waals surface area (Å²) in [6, 6.07) is 13.7. The molecule has 0 saturated heterocycles. The zero-order valence-electron chi connectivity index (χ0n) is 14.9. The molecule has 7 heteroatoms. The first-order valence-corrected chi connectivity index (χ1v) is 9.10. The van der Waals surface area contributed by atoms with Crippen LogP contribution in [0.3, 0.4) is 0 Å². The Labute approximate surface area is 157 Å². The predicted octanol–water partition coefficient (Wildman–Crippen LogP) is 3.73. The van der Waals surface area contributed by atoms with Gasteiger partial charge in [0, 0.05) is 6.07 Å². The number of benzene rings is 2. The summed E-state index contributed by atoms with van der Waals surface area (Å²) < 4.78 is 20.2.